The number of allylic oxidation sites excluding steroid dienone is 3. The molecule has 2 aliphatic rings. The summed E-state index contributed by atoms with van der Waals surface area (Å²) in [5, 5.41) is 29.2. The maximum atomic E-state index is 11.9. The second-order valence-corrected chi connectivity index (χ2v) is 7.46. The van der Waals surface area contributed by atoms with Crippen molar-refractivity contribution >= 4 is 11.8 Å². The minimum atomic E-state index is -0.266. The van der Waals surface area contributed by atoms with Crippen LogP contribution in [0.1, 0.15) is 46.9 Å². The fourth-order valence-electron chi connectivity index (χ4n) is 3.66. The molecular formula is C22H21N7O4. The number of aromatic nitrogens is 5. The lowest BCUT2D eigenvalue weighted by atomic mass is 9.90. The van der Waals surface area contributed by atoms with Gasteiger partial charge in [0.25, 0.3) is 5.91 Å². The lowest BCUT2D eigenvalue weighted by molar-refractivity contribution is 0.0955. The summed E-state index contributed by atoms with van der Waals surface area (Å²) in [4.78, 5) is 16.3. The molecule has 0 aromatic carbocycles. The topological polar surface area (TPSA) is 141 Å². The fourth-order valence-corrected chi connectivity index (χ4v) is 3.66. The summed E-state index contributed by atoms with van der Waals surface area (Å²) in [5.41, 5.74) is 2.47. The summed E-state index contributed by atoms with van der Waals surface area (Å²) in [5.74, 6) is 1.58. The van der Waals surface area contributed by atoms with Gasteiger partial charge < -0.3 is 19.7 Å². The first-order valence-electron chi connectivity index (χ1n) is 10.5. The summed E-state index contributed by atoms with van der Waals surface area (Å²) in [6.07, 6.45) is 8.22. The van der Waals surface area contributed by atoms with E-state index >= 15 is 0 Å². The molecule has 1 amide bonds. The van der Waals surface area contributed by atoms with Gasteiger partial charge in [-0.2, -0.15) is 4.68 Å². The Balaban J connectivity index is 1.42. The van der Waals surface area contributed by atoms with Crippen LogP contribution in [0.5, 0.6) is 0 Å². The molecule has 2 N–H and O–H groups in total. The zero-order valence-corrected chi connectivity index (χ0v) is 17.8. The number of carbonyl (C=O) groups is 1. The van der Waals surface area contributed by atoms with Crippen LogP contribution in [0.25, 0.3) is 11.5 Å². The average molecular weight is 447 g/mol. The second kappa shape index (κ2) is 8.79. The highest BCUT2D eigenvalue weighted by molar-refractivity contribution is 5.96. The largest absolute Gasteiger partial charge is 0.470 e. The van der Waals surface area contributed by atoms with Gasteiger partial charge in [-0.3, -0.25) is 9.78 Å². The summed E-state index contributed by atoms with van der Waals surface area (Å²) in [6.45, 7) is 2.32. The van der Waals surface area contributed by atoms with Crippen molar-refractivity contribution in [1.82, 2.24) is 30.3 Å². The highest BCUT2D eigenvalue weighted by atomic mass is 16.5. The van der Waals surface area contributed by atoms with Gasteiger partial charge in [0.15, 0.2) is 17.3 Å². The number of nitrogens with one attached hydrogen (secondary N) is 1. The quantitative estimate of drug-likeness (QED) is 0.584. The van der Waals surface area contributed by atoms with Crippen LogP contribution >= 0.6 is 0 Å². The molecular weight excluding hydrogens is 426 g/mol. The Labute approximate surface area is 188 Å². The zero-order chi connectivity index (χ0) is 22.8. The van der Waals surface area contributed by atoms with Gasteiger partial charge in [-0.1, -0.05) is 23.4 Å². The molecule has 0 bridgehead atoms. The molecule has 33 heavy (non-hydrogen) atoms. The van der Waals surface area contributed by atoms with Crippen LogP contribution in [0.4, 0.5) is 0 Å². The summed E-state index contributed by atoms with van der Waals surface area (Å²) in [6, 6.07) is 5.06. The predicted octanol–water partition coefficient (Wildman–Crippen LogP) is 1.93. The number of hydrogen-bond donors (Lipinski definition) is 2. The van der Waals surface area contributed by atoms with Crippen LogP contribution in [-0.4, -0.2) is 48.5 Å². The van der Waals surface area contributed by atoms with Crippen LogP contribution in [0.15, 0.2) is 57.8 Å². The molecule has 11 heteroatoms. The van der Waals surface area contributed by atoms with E-state index in [1.807, 2.05) is 19.1 Å². The van der Waals surface area contributed by atoms with Gasteiger partial charge in [0.2, 0.25) is 11.7 Å². The number of hydrogen-bond acceptors (Lipinski definition) is 9. The minimum Gasteiger partial charge on any atom is -0.470 e. The molecule has 0 saturated carbocycles. The first kappa shape index (κ1) is 20.8. The number of aliphatic hydroxyl groups is 1. The van der Waals surface area contributed by atoms with Gasteiger partial charge in [-0.05, 0) is 25.5 Å². The van der Waals surface area contributed by atoms with Crippen LogP contribution < -0.4 is 5.32 Å². The highest BCUT2D eigenvalue weighted by Crippen LogP contribution is 2.36. The van der Waals surface area contributed by atoms with Crippen molar-refractivity contribution in [3.8, 4) is 11.5 Å². The Morgan fingerprint density at radius 1 is 1.36 bits per heavy atom. The molecule has 1 aliphatic heterocycles. The van der Waals surface area contributed by atoms with Crippen LogP contribution in [0, 0.1) is 0 Å². The lowest BCUT2D eigenvalue weighted by Crippen LogP contribution is -2.25. The van der Waals surface area contributed by atoms with E-state index in [1.165, 1.54) is 6.20 Å². The third kappa shape index (κ3) is 3.94. The standard InChI is InChI=1S/C22H21N7O4/c1-2-23-21(31)13-7-8-14(24-10-13)12-32-22-17-6-4-3-5-16(17)19-25-26-20(29(19)27-22)18-9-15(11-30)33-28-18/h3-4,6-10,16,30H,2,5,11-12H2,1H3,(H,23,31). The third-order valence-corrected chi connectivity index (χ3v) is 5.30. The number of pyridine rings is 1. The second-order valence-electron chi connectivity index (χ2n) is 7.46. The van der Waals surface area contributed by atoms with Crippen LogP contribution in [-0.2, 0) is 18.0 Å². The fraction of sp³-hybridized carbons (Fsp3) is 0.273. The molecule has 5 rings (SSSR count). The minimum absolute atomic E-state index is 0.0685. The van der Waals surface area contributed by atoms with Gasteiger partial charge in [-0.25, -0.2) is 0 Å². The van der Waals surface area contributed by atoms with Crippen molar-refractivity contribution in [3.63, 3.8) is 0 Å². The van der Waals surface area contributed by atoms with Crippen molar-refractivity contribution in [2.45, 2.75) is 32.5 Å². The molecule has 1 aliphatic carbocycles. The van der Waals surface area contributed by atoms with Crippen molar-refractivity contribution < 1.29 is 19.2 Å². The maximum Gasteiger partial charge on any atom is 0.252 e. The smallest absolute Gasteiger partial charge is 0.252 e. The molecule has 168 valence electrons. The molecule has 0 radical (unpaired) electrons. The molecule has 0 saturated heterocycles. The average Bonchev–Trinajstić information content (AvgIpc) is 3.50. The molecule has 0 spiro atoms. The normalized spacial score (nSPS) is 16.5. The van der Waals surface area contributed by atoms with Gasteiger partial charge in [0.05, 0.1) is 17.2 Å². The van der Waals surface area contributed by atoms with Gasteiger partial charge in [0, 0.05) is 24.4 Å². The van der Waals surface area contributed by atoms with Crippen molar-refractivity contribution in [2.24, 2.45) is 5.10 Å². The molecule has 11 nitrogen and oxygen atoms in total. The molecule has 3 aromatic rings. The summed E-state index contributed by atoms with van der Waals surface area (Å²) >= 11 is 0. The highest BCUT2D eigenvalue weighted by Gasteiger charge is 2.34. The van der Waals surface area contributed by atoms with Gasteiger partial charge >= 0.3 is 0 Å². The van der Waals surface area contributed by atoms with E-state index < -0.39 is 0 Å². The monoisotopic (exact) mass is 447 g/mol. The maximum absolute atomic E-state index is 11.9. The number of aliphatic hydroxyl groups excluding tert-OH is 1. The molecule has 4 heterocycles. The van der Waals surface area contributed by atoms with Crippen LogP contribution in [0.3, 0.4) is 0 Å². The van der Waals surface area contributed by atoms with E-state index in [9.17, 15) is 9.90 Å². The predicted molar refractivity (Wildman–Crippen MR) is 116 cm³/mol. The third-order valence-electron chi connectivity index (χ3n) is 5.30. The van der Waals surface area contributed by atoms with Gasteiger partial charge in [0.1, 0.15) is 13.2 Å². The number of amides is 1. The van der Waals surface area contributed by atoms with E-state index in [-0.39, 0.29) is 25.0 Å². The Kier molecular flexibility index (Phi) is 5.53. The van der Waals surface area contributed by atoms with E-state index in [2.05, 4.69) is 36.8 Å². The number of carbonyl (C=O) groups excluding carboxylic acids is 1. The van der Waals surface area contributed by atoms with Crippen molar-refractivity contribution in [2.75, 3.05) is 6.54 Å². The lowest BCUT2D eigenvalue weighted by Gasteiger charge is -2.26. The number of rotatable bonds is 6. The van der Waals surface area contributed by atoms with Crippen molar-refractivity contribution in [3.05, 3.63) is 71.0 Å². The number of fused-ring (bicyclic) bond motifs is 3. The molecule has 3 aromatic heterocycles. The Morgan fingerprint density at radius 2 is 2.27 bits per heavy atom. The molecule has 0 fully saturated rings. The molecule has 1 atom stereocenters. The Hall–Kier alpha value is -4.12. The number of nitrogens with zero attached hydrogens (tertiary/aromatic N) is 6. The summed E-state index contributed by atoms with van der Waals surface area (Å²) in [7, 11) is 0. The Bertz CT molecular complexity index is 1270. The van der Waals surface area contributed by atoms with Gasteiger partial charge in [-0.15, -0.1) is 15.3 Å². The van der Waals surface area contributed by atoms with E-state index in [0.717, 1.165) is 12.0 Å². The van der Waals surface area contributed by atoms with Crippen molar-refractivity contribution in [1.29, 1.82) is 0 Å². The zero-order valence-electron chi connectivity index (χ0n) is 17.8. The molecule has 1 unspecified atom stereocenters. The van der Waals surface area contributed by atoms with E-state index in [4.69, 9.17) is 9.26 Å². The number of ether oxygens (including phenoxy) is 1. The van der Waals surface area contributed by atoms with E-state index in [1.54, 1.807) is 22.9 Å². The summed E-state index contributed by atoms with van der Waals surface area (Å²) < 4.78 is 12.7. The first-order valence-corrected chi connectivity index (χ1v) is 10.5. The Morgan fingerprint density at radius 3 is 3.03 bits per heavy atom. The SMILES string of the molecule is CCNC(=O)c1ccc(COC2=Nn3c(-c4cc(CO)on4)nnc3C3CC=CC=C23)nc1. The van der Waals surface area contributed by atoms with Crippen LogP contribution in [0.2, 0.25) is 0 Å². The first-order chi connectivity index (χ1) is 16.2. The van der Waals surface area contributed by atoms with E-state index in [0.29, 0.717) is 46.8 Å².